The first kappa shape index (κ1) is 20.3. The number of hydrogen-bond acceptors (Lipinski definition) is 5. The molecule has 2 bridgehead atoms. The van der Waals surface area contributed by atoms with Gasteiger partial charge in [-0.3, -0.25) is 15.0 Å². The Kier molecular flexibility index (Phi) is 4.99. The molecule has 0 aromatic carbocycles. The molecule has 162 valence electrons. The van der Waals surface area contributed by atoms with Crippen molar-refractivity contribution in [1.29, 1.82) is 5.41 Å². The molecule has 2 saturated heterocycles. The van der Waals surface area contributed by atoms with Crippen molar-refractivity contribution in [3.63, 3.8) is 0 Å². The number of rotatable bonds is 3. The van der Waals surface area contributed by atoms with Crippen LogP contribution in [0.1, 0.15) is 39.2 Å². The lowest BCUT2D eigenvalue weighted by atomic mass is 10.1. The molecule has 2 aromatic rings. The third-order valence-corrected chi connectivity index (χ3v) is 5.74. The second kappa shape index (κ2) is 7.37. The quantitative estimate of drug-likeness (QED) is 0.530. The normalized spacial score (nSPS) is 21.1. The molecule has 4 rings (SSSR count). The molecule has 1 amide bonds. The molecular formula is C21H31N7O2. The molecule has 2 fully saturated rings. The second-order valence-corrected chi connectivity index (χ2v) is 9.15. The summed E-state index contributed by atoms with van der Waals surface area (Å²) in [7, 11) is 3.73. The van der Waals surface area contributed by atoms with Crippen LogP contribution in [0.15, 0.2) is 18.5 Å². The van der Waals surface area contributed by atoms with Crippen molar-refractivity contribution in [2.75, 3.05) is 25.5 Å². The van der Waals surface area contributed by atoms with Crippen LogP contribution >= 0.6 is 0 Å². The zero-order chi connectivity index (χ0) is 21.6. The molecule has 2 unspecified atom stereocenters. The highest BCUT2D eigenvalue weighted by atomic mass is 16.6. The van der Waals surface area contributed by atoms with E-state index in [4.69, 9.17) is 10.1 Å². The van der Waals surface area contributed by atoms with E-state index < -0.39 is 5.60 Å². The van der Waals surface area contributed by atoms with Gasteiger partial charge >= 0.3 is 6.09 Å². The minimum absolute atomic E-state index is 0.0775. The first-order valence-electron chi connectivity index (χ1n) is 10.4. The van der Waals surface area contributed by atoms with Gasteiger partial charge in [0.15, 0.2) is 0 Å². The van der Waals surface area contributed by atoms with Crippen LogP contribution in [-0.2, 0) is 11.8 Å². The number of H-pyrrole nitrogens is 1. The van der Waals surface area contributed by atoms with Crippen molar-refractivity contribution >= 4 is 17.7 Å². The van der Waals surface area contributed by atoms with Crippen molar-refractivity contribution in [1.82, 2.24) is 24.6 Å². The molecule has 2 aliphatic rings. The van der Waals surface area contributed by atoms with Crippen molar-refractivity contribution in [3.8, 4) is 11.3 Å². The molecule has 0 saturated carbocycles. The number of carbonyl (C=O) groups excluding carboxylic acids is 1. The Balaban J connectivity index is 1.52. The van der Waals surface area contributed by atoms with Gasteiger partial charge < -0.3 is 19.9 Å². The maximum Gasteiger partial charge on any atom is 0.410 e. The summed E-state index contributed by atoms with van der Waals surface area (Å²) in [6, 6.07) is 2.15. The average molecular weight is 414 g/mol. The molecule has 2 aliphatic heterocycles. The predicted molar refractivity (Wildman–Crippen MR) is 116 cm³/mol. The Morgan fingerprint density at radius 3 is 2.50 bits per heavy atom. The fourth-order valence-electron chi connectivity index (χ4n) is 4.42. The Morgan fingerprint density at radius 1 is 1.30 bits per heavy atom. The van der Waals surface area contributed by atoms with Gasteiger partial charge in [0, 0.05) is 38.9 Å². The molecule has 2 aromatic heterocycles. The molecule has 9 heteroatoms. The Bertz CT molecular complexity index is 941. The van der Waals surface area contributed by atoms with Crippen molar-refractivity contribution in [3.05, 3.63) is 24.0 Å². The maximum absolute atomic E-state index is 12.7. The van der Waals surface area contributed by atoms with Gasteiger partial charge in [-0.1, -0.05) is 0 Å². The number of likely N-dealkylation sites (tertiary alicyclic amines) is 1. The maximum atomic E-state index is 12.7. The lowest BCUT2D eigenvalue weighted by molar-refractivity contribution is 0.00278. The van der Waals surface area contributed by atoms with E-state index in [9.17, 15) is 4.79 Å². The van der Waals surface area contributed by atoms with E-state index >= 15 is 0 Å². The van der Waals surface area contributed by atoms with Crippen LogP contribution in [0.3, 0.4) is 0 Å². The SMILES string of the molecule is CNc1[nH]c(-c2cnn(C)c2)cc1C(=N)N1CC2CCC(C1)N2C(=O)OC(C)(C)C. The Labute approximate surface area is 176 Å². The summed E-state index contributed by atoms with van der Waals surface area (Å²) in [4.78, 5) is 20.0. The number of nitrogens with one attached hydrogen (secondary N) is 3. The molecule has 9 nitrogen and oxygen atoms in total. The zero-order valence-corrected chi connectivity index (χ0v) is 18.3. The number of hydrogen-bond donors (Lipinski definition) is 3. The van der Waals surface area contributed by atoms with Gasteiger partial charge in [0.05, 0.1) is 29.5 Å². The third kappa shape index (κ3) is 3.76. The lowest BCUT2D eigenvalue weighted by Gasteiger charge is -2.42. The highest BCUT2D eigenvalue weighted by Gasteiger charge is 2.45. The molecule has 0 radical (unpaired) electrons. The Hall–Kier alpha value is -2.97. The van der Waals surface area contributed by atoms with Gasteiger partial charge in [-0.05, 0) is 39.7 Å². The van der Waals surface area contributed by atoms with E-state index in [2.05, 4.69) is 20.3 Å². The molecule has 0 spiro atoms. The monoisotopic (exact) mass is 413 g/mol. The highest BCUT2D eigenvalue weighted by molar-refractivity contribution is 6.02. The van der Waals surface area contributed by atoms with E-state index in [1.165, 1.54) is 0 Å². The van der Waals surface area contributed by atoms with E-state index in [0.29, 0.717) is 18.9 Å². The van der Waals surface area contributed by atoms with Gasteiger partial charge in [-0.2, -0.15) is 5.10 Å². The van der Waals surface area contributed by atoms with Crippen molar-refractivity contribution in [2.45, 2.75) is 51.3 Å². The number of amides is 1. The van der Waals surface area contributed by atoms with Gasteiger partial charge in [0.2, 0.25) is 0 Å². The number of amidine groups is 1. The summed E-state index contributed by atoms with van der Waals surface area (Å²) in [5.41, 5.74) is 2.21. The van der Waals surface area contributed by atoms with Crippen molar-refractivity contribution < 1.29 is 9.53 Å². The summed E-state index contributed by atoms with van der Waals surface area (Å²) in [6.45, 7) is 6.97. The van der Waals surface area contributed by atoms with Crippen LogP contribution in [0.25, 0.3) is 11.3 Å². The summed E-state index contributed by atoms with van der Waals surface area (Å²) in [6.07, 6.45) is 5.40. The van der Waals surface area contributed by atoms with Gasteiger partial charge in [0.1, 0.15) is 17.3 Å². The lowest BCUT2D eigenvalue weighted by Crippen LogP contribution is -2.57. The van der Waals surface area contributed by atoms with Crippen LogP contribution < -0.4 is 5.32 Å². The summed E-state index contributed by atoms with van der Waals surface area (Å²) in [5.74, 6) is 1.27. The van der Waals surface area contributed by atoms with E-state index in [0.717, 1.165) is 35.5 Å². The number of nitrogens with zero attached hydrogens (tertiary/aromatic N) is 4. The number of aryl methyl sites for hydroxylation is 1. The minimum Gasteiger partial charge on any atom is -0.444 e. The summed E-state index contributed by atoms with van der Waals surface area (Å²) in [5, 5.41) is 16.3. The van der Waals surface area contributed by atoms with Gasteiger partial charge in [-0.15, -0.1) is 0 Å². The van der Waals surface area contributed by atoms with Crippen LogP contribution in [-0.4, -0.2) is 74.3 Å². The molecular weight excluding hydrogens is 382 g/mol. The highest BCUT2D eigenvalue weighted by Crippen LogP contribution is 2.33. The summed E-state index contributed by atoms with van der Waals surface area (Å²) >= 11 is 0. The van der Waals surface area contributed by atoms with Crippen LogP contribution in [0.4, 0.5) is 10.6 Å². The van der Waals surface area contributed by atoms with E-state index in [1.54, 1.807) is 10.9 Å². The number of aromatic nitrogens is 3. The molecule has 3 N–H and O–H groups in total. The van der Waals surface area contributed by atoms with Crippen LogP contribution in [0, 0.1) is 5.41 Å². The molecule has 2 atom stereocenters. The average Bonchev–Trinajstić information content (AvgIpc) is 3.35. The number of aromatic amines is 1. The van der Waals surface area contributed by atoms with Gasteiger partial charge in [0.25, 0.3) is 0 Å². The Morgan fingerprint density at radius 2 is 1.97 bits per heavy atom. The second-order valence-electron chi connectivity index (χ2n) is 9.15. The number of anilines is 1. The molecule has 0 aliphatic carbocycles. The number of piperazine rings is 1. The van der Waals surface area contributed by atoms with E-state index in [1.807, 2.05) is 52.0 Å². The van der Waals surface area contributed by atoms with E-state index in [-0.39, 0.29) is 18.2 Å². The molecule has 30 heavy (non-hydrogen) atoms. The fraction of sp³-hybridized carbons (Fsp3) is 0.571. The minimum atomic E-state index is -0.504. The van der Waals surface area contributed by atoms with Gasteiger partial charge in [-0.25, -0.2) is 4.79 Å². The molecule has 4 heterocycles. The number of ether oxygens (including phenoxy) is 1. The third-order valence-electron chi connectivity index (χ3n) is 5.74. The standard InChI is InChI=1S/C21H31N7O2/c1-21(2,3)30-20(29)28-14-6-7-15(28)12-27(11-14)18(22)16-8-17(25-19(16)23-4)13-9-24-26(5)10-13/h8-10,14-15,22-23,25H,6-7,11-12H2,1-5H3. The summed E-state index contributed by atoms with van der Waals surface area (Å²) < 4.78 is 7.38. The van der Waals surface area contributed by atoms with Crippen molar-refractivity contribution in [2.24, 2.45) is 7.05 Å². The number of carbonyl (C=O) groups is 1. The van der Waals surface area contributed by atoms with Crippen LogP contribution in [0.5, 0.6) is 0 Å². The number of fused-ring (bicyclic) bond motifs is 2. The zero-order valence-electron chi connectivity index (χ0n) is 18.3. The first-order chi connectivity index (χ1) is 14.2. The smallest absolute Gasteiger partial charge is 0.410 e. The largest absolute Gasteiger partial charge is 0.444 e. The topological polar surface area (TPSA) is 102 Å². The predicted octanol–water partition coefficient (Wildman–Crippen LogP) is 2.87. The first-order valence-corrected chi connectivity index (χ1v) is 10.4. The fourth-order valence-corrected chi connectivity index (χ4v) is 4.42. The van der Waals surface area contributed by atoms with Crippen LogP contribution in [0.2, 0.25) is 0 Å².